The summed E-state index contributed by atoms with van der Waals surface area (Å²) in [6.45, 7) is 1.24. The summed E-state index contributed by atoms with van der Waals surface area (Å²) < 4.78 is 21.8. The van der Waals surface area contributed by atoms with Gasteiger partial charge in [-0.05, 0) is 31.4 Å². The molecule has 40 heavy (non-hydrogen) atoms. The number of benzene rings is 1. The van der Waals surface area contributed by atoms with Crippen LogP contribution >= 0.6 is 0 Å². The zero-order chi connectivity index (χ0) is 28.9. The average molecular weight is 563 g/mol. The zero-order valence-corrected chi connectivity index (χ0v) is 22.0. The summed E-state index contributed by atoms with van der Waals surface area (Å²) in [4.78, 5) is 58.2. The van der Waals surface area contributed by atoms with Crippen LogP contribution in [0.3, 0.4) is 0 Å². The molecule has 0 radical (unpaired) electrons. The molecular weight excluding hydrogens is 528 g/mol. The Morgan fingerprint density at radius 2 is 1.88 bits per heavy atom. The van der Waals surface area contributed by atoms with Crippen molar-refractivity contribution in [3.8, 4) is 11.5 Å². The third kappa shape index (κ3) is 9.65. The highest BCUT2D eigenvalue weighted by Crippen LogP contribution is 2.29. The topological polar surface area (TPSA) is 178 Å². The fourth-order valence-electron chi connectivity index (χ4n) is 4.19. The standard InChI is InChI=1S/C27H34N2O11/c30-17-37-16-18-6-7-20(39-26-14-19(31)13-22(40-26)27(35)36)15-21(18)38-12-4-10-28-23(32)5-2-1-3-11-29-24(33)8-9-25(29)34/h6-9,15,17,19,22,26,31H,1-5,10-14,16H2,(H,28,32)(H,35,36). The van der Waals surface area contributed by atoms with E-state index in [9.17, 15) is 34.2 Å². The van der Waals surface area contributed by atoms with Crippen LogP contribution in [-0.2, 0) is 40.1 Å². The molecular formula is C27H34N2O11. The molecule has 2 heterocycles. The van der Waals surface area contributed by atoms with Gasteiger partial charge in [0.25, 0.3) is 18.3 Å². The number of carbonyl (C=O) groups excluding carboxylic acids is 4. The maximum Gasteiger partial charge on any atom is 0.333 e. The number of carboxylic acid groups (broad SMARTS) is 1. The van der Waals surface area contributed by atoms with Crippen LogP contribution in [0.1, 0.15) is 50.5 Å². The lowest BCUT2D eigenvalue weighted by molar-refractivity contribution is -0.195. The number of imide groups is 1. The fourth-order valence-corrected chi connectivity index (χ4v) is 4.19. The number of carboxylic acids is 1. The number of rotatable bonds is 17. The molecule has 3 unspecified atom stereocenters. The molecule has 0 spiro atoms. The highest BCUT2D eigenvalue weighted by atomic mass is 16.7. The lowest BCUT2D eigenvalue weighted by Gasteiger charge is -2.31. The second-order valence-electron chi connectivity index (χ2n) is 9.34. The molecule has 2 aliphatic rings. The third-order valence-electron chi connectivity index (χ3n) is 6.24. The molecule has 3 N–H and O–H groups in total. The summed E-state index contributed by atoms with van der Waals surface area (Å²) in [6, 6.07) is 4.78. The van der Waals surface area contributed by atoms with Gasteiger partial charge in [0.05, 0.1) is 12.7 Å². The van der Waals surface area contributed by atoms with Gasteiger partial charge in [-0.3, -0.25) is 24.1 Å². The molecule has 3 atom stereocenters. The van der Waals surface area contributed by atoms with Crippen molar-refractivity contribution in [2.45, 2.75) is 70.1 Å². The van der Waals surface area contributed by atoms with Gasteiger partial charge in [0.15, 0.2) is 6.10 Å². The Kier molecular flexibility index (Phi) is 11.9. The van der Waals surface area contributed by atoms with Crippen LogP contribution in [0, 0.1) is 0 Å². The molecule has 218 valence electrons. The maximum atomic E-state index is 12.1. The predicted octanol–water partition coefficient (Wildman–Crippen LogP) is 1.06. The van der Waals surface area contributed by atoms with E-state index < -0.39 is 24.5 Å². The molecule has 0 aromatic heterocycles. The first-order valence-corrected chi connectivity index (χ1v) is 13.1. The minimum absolute atomic E-state index is 0.0248. The van der Waals surface area contributed by atoms with E-state index in [4.69, 9.17) is 18.9 Å². The van der Waals surface area contributed by atoms with Gasteiger partial charge in [-0.15, -0.1) is 0 Å². The number of hydrogen-bond donors (Lipinski definition) is 3. The van der Waals surface area contributed by atoms with E-state index in [1.54, 1.807) is 18.2 Å². The first kappa shape index (κ1) is 30.6. The van der Waals surface area contributed by atoms with Crippen LogP contribution in [0.15, 0.2) is 30.4 Å². The van der Waals surface area contributed by atoms with E-state index in [0.29, 0.717) is 68.7 Å². The molecule has 1 aromatic rings. The summed E-state index contributed by atoms with van der Waals surface area (Å²) in [5.74, 6) is -1.22. The van der Waals surface area contributed by atoms with E-state index in [-0.39, 0.29) is 43.8 Å². The maximum absolute atomic E-state index is 12.1. The Balaban J connectivity index is 1.38. The van der Waals surface area contributed by atoms with Crippen molar-refractivity contribution in [2.75, 3.05) is 19.7 Å². The Hall–Kier alpha value is -3.97. The van der Waals surface area contributed by atoms with Gasteiger partial charge < -0.3 is 34.5 Å². The first-order valence-electron chi connectivity index (χ1n) is 13.1. The molecule has 1 saturated heterocycles. The van der Waals surface area contributed by atoms with Gasteiger partial charge >= 0.3 is 5.97 Å². The number of nitrogens with zero attached hydrogens (tertiary/aromatic N) is 1. The van der Waals surface area contributed by atoms with Crippen LogP contribution in [-0.4, -0.2) is 83.5 Å². The summed E-state index contributed by atoms with van der Waals surface area (Å²) >= 11 is 0. The van der Waals surface area contributed by atoms with Crippen molar-refractivity contribution in [3.05, 3.63) is 35.9 Å². The number of aliphatic hydroxyl groups is 1. The molecule has 0 bridgehead atoms. The van der Waals surface area contributed by atoms with Crippen LogP contribution in [0.4, 0.5) is 0 Å². The van der Waals surface area contributed by atoms with Crippen LogP contribution in [0.2, 0.25) is 0 Å². The first-order chi connectivity index (χ1) is 19.3. The normalized spacial score (nSPS) is 20.3. The minimum Gasteiger partial charge on any atom is -0.493 e. The molecule has 2 aliphatic heterocycles. The predicted molar refractivity (Wildman–Crippen MR) is 137 cm³/mol. The monoisotopic (exact) mass is 562 g/mol. The van der Waals surface area contributed by atoms with E-state index in [0.717, 1.165) is 0 Å². The fraction of sp³-hybridized carbons (Fsp3) is 0.519. The number of aliphatic carboxylic acids is 1. The Labute approximate surface area is 231 Å². The second kappa shape index (κ2) is 15.6. The largest absolute Gasteiger partial charge is 0.493 e. The van der Waals surface area contributed by atoms with Crippen LogP contribution < -0.4 is 14.8 Å². The summed E-state index contributed by atoms with van der Waals surface area (Å²) in [5.41, 5.74) is 0.574. The number of unbranched alkanes of at least 4 members (excludes halogenated alkanes) is 2. The zero-order valence-electron chi connectivity index (χ0n) is 22.0. The van der Waals surface area contributed by atoms with Crippen molar-refractivity contribution in [1.29, 1.82) is 0 Å². The smallest absolute Gasteiger partial charge is 0.333 e. The van der Waals surface area contributed by atoms with E-state index >= 15 is 0 Å². The lowest BCUT2D eigenvalue weighted by atomic mass is 10.1. The number of amides is 3. The van der Waals surface area contributed by atoms with Gasteiger partial charge in [-0.2, -0.15) is 0 Å². The number of aliphatic hydroxyl groups excluding tert-OH is 1. The molecule has 13 nitrogen and oxygen atoms in total. The van der Waals surface area contributed by atoms with Crippen molar-refractivity contribution in [3.63, 3.8) is 0 Å². The van der Waals surface area contributed by atoms with Crippen LogP contribution in [0.25, 0.3) is 0 Å². The van der Waals surface area contributed by atoms with Crippen molar-refractivity contribution < 1.29 is 53.1 Å². The minimum atomic E-state index is -1.18. The number of carbonyl (C=O) groups is 5. The molecule has 0 saturated carbocycles. The molecule has 1 aromatic carbocycles. The molecule has 3 rings (SSSR count). The molecule has 1 fully saturated rings. The van der Waals surface area contributed by atoms with Gasteiger partial charge in [-0.1, -0.05) is 6.42 Å². The second-order valence-corrected chi connectivity index (χ2v) is 9.34. The van der Waals surface area contributed by atoms with E-state index in [2.05, 4.69) is 5.32 Å². The lowest BCUT2D eigenvalue weighted by Crippen LogP contribution is -2.42. The highest BCUT2D eigenvalue weighted by molar-refractivity contribution is 6.12. The number of ether oxygens (including phenoxy) is 4. The highest BCUT2D eigenvalue weighted by Gasteiger charge is 2.34. The Morgan fingerprint density at radius 1 is 1.10 bits per heavy atom. The summed E-state index contributed by atoms with van der Waals surface area (Å²) in [7, 11) is 0. The Morgan fingerprint density at radius 3 is 2.60 bits per heavy atom. The molecule has 0 aliphatic carbocycles. The van der Waals surface area contributed by atoms with Crippen LogP contribution in [0.5, 0.6) is 11.5 Å². The summed E-state index contributed by atoms with van der Waals surface area (Å²) in [5, 5.41) is 22.0. The molecule has 3 amide bonds. The number of nitrogens with one attached hydrogen (secondary N) is 1. The molecule has 13 heteroatoms. The van der Waals surface area contributed by atoms with Gasteiger partial charge in [0, 0.05) is 56.1 Å². The number of hydrogen-bond acceptors (Lipinski definition) is 10. The third-order valence-corrected chi connectivity index (χ3v) is 6.24. The van der Waals surface area contributed by atoms with Crippen molar-refractivity contribution in [1.82, 2.24) is 10.2 Å². The Bertz CT molecular complexity index is 1070. The van der Waals surface area contributed by atoms with E-state index in [1.165, 1.54) is 17.1 Å². The average Bonchev–Trinajstić information content (AvgIpc) is 3.24. The summed E-state index contributed by atoms with van der Waals surface area (Å²) in [6.07, 6.45) is 2.35. The quantitative estimate of drug-likeness (QED) is 0.140. The van der Waals surface area contributed by atoms with Crippen molar-refractivity contribution in [2.24, 2.45) is 0 Å². The van der Waals surface area contributed by atoms with Gasteiger partial charge in [0.2, 0.25) is 12.2 Å². The van der Waals surface area contributed by atoms with Gasteiger partial charge in [-0.25, -0.2) is 4.79 Å². The van der Waals surface area contributed by atoms with E-state index in [1.807, 2.05) is 0 Å². The van der Waals surface area contributed by atoms with Crippen molar-refractivity contribution >= 4 is 30.2 Å². The SMILES string of the molecule is O=COCc1ccc(OC2CC(O)CC(C(=O)O)O2)cc1OCCCNC(=O)CCCCCN1C(=O)C=CC1=O. The van der Waals surface area contributed by atoms with Gasteiger partial charge in [0.1, 0.15) is 18.1 Å².